The third-order valence-corrected chi connectivity index (χ3v) is 4.11. The smallest absolute Gasteiger partial charge is 0.261 e. The summed E-state index contributed by atoms with van der Waals surface area (Å²) in [5, 5.41) is 11.5. The summed E-state index contributed by atoms with van der Waals surface area (Å²) in [4.78, 5) is 1.42. The lowest BCUT2D eigenvalue weighted by Crippen LogP contribution is -2.02. The average molecular weight is 317 g/mol. The topological polar surface area (TPSA) is 87.0 Å². The van der Waals surface area contributed by atoms with E-state index in [2.05, 4.69) is 15.4 Å². The first-order valence-electron chi connectivity index (χ1n) is 5.69. The van der Waals surface area contributed by atoms with E-state index in [-0.39, 0.29) is 11.5 Å². The summed E-state index contributed by atoms with van der Waals surface area (Å²) in [6.07, 6.45) is 0. The van der Waals surface area contributed by atoms with Crippen LogP contribution >= 0.6 is 10.7 Å². The Morgan fingerprint density at radius 2 is 2.00 bits per heavy atom. The number of benzene rings is 1. The molecule has 20 heavy (non-hydrogen) atoms. The van der Waals surface area contributed by atoms with Crippen molar-refractivity contribution >= 4 is 19.7 Å². The third kappa shape index (κ3) is 3.26. The molecule has 0 aliphatic rings. The Bertz CT molecular complexity index is 742. The van der Waals surface area contributed by atoms with Crippen molar-refractivity contribution in [2.45, 2.75) is 25.3 Å². The highest BCUT2D eigenvalue weighted by Gasteiger charge is 2.16. The van der Waals surface area contributed by atoms with Crippen LogP contribution in [0.15, 0.2) is 17.0 Å². The highest BCUT2D eigenvalue weighted by atomic mass is 35.7. The van der Waals surface area contributed by atoms with Crippen LogP contribution in [0.4, 0.5) is 0 Å². The maximum atomic E-state index is 11.4. The molecular weight excluding hydrogens is 304 g/mol. The van der Waals surface area contributed by atoms with E-state index in [0.29, 0.717) is 22.7 Å². The van der Waals surface area contributed by atoms with Gasteiger partial charge in [-0.25, -0.2) is 8.42 Å². The van der Waals surface area contributed by atoms with Gasteiger partial charge in [-0.15, -0.1) is 10.2 Å². The molecule has 9 heteroatoms. The van der Waals surface area contributed by atoms with Crippen molar-refractivity contribution < 1.29 is 13.2 Å². The van der Waals surface area contributed by atoms with Crippen LogP contribution in [0.2, 0.25) is 0 Å². The largest absolute Gasteiger partial charge is 0.485 e. The van der Waals surface area contributed by atoms with Gasteiger partial charge in [0.05, 0.1) is 11.9 Å². The predicted octanol–water partition coefficient (Wildman–Crippen LogP) is 1.33. The number of hydrogen-bond acceptors (Lipinski definition) is 6. The maximum Gasteiger partial charge on any atom is 0.261 e. The second-order valence-electron chi connectivity index (χ2n) is 4.30. The molecule has 1 aromatic carbocycles. The van der Waals surface area contributed by atoms with Crippen LogP contribution in [-0.4, -0.2) is 28.6 Å². The van der Waals surface area contributed by atoms with Gasteiger partial charge in [0, 0.05) is 10.7 Å². The SMILES string of the molecule is Cc1cc(S(=O)(=O)Cl)c(C)cc1OCc1nnn(C)n1. The van der Waals surface area contributed by atoms with Gasteiger partial charge in [0.1, 0.15) is 5.75 Å². The third-order valence-electron chi connectivity index (χ3n) is 2.64. The molecule has 0 aliphatic heterocycles. The molecule has 0 spiro atoms. The summed E-state index contributed by atoms with van der Waals surface area (Å²) < 4.78 is 28.4. The predicted molar refractivity (Wildman–Crippen MR) is 72.1 cm³/mol. The number of halogens is 1. The normalized spacial score (nSPS) is 11.6. The van der Waals surface area contributed by atoms with Crippen molar-refractivity contribution in [2.24, 2.45) is 7.05 Å². The molecule has 0 unspecified atom stereocenters. The molecule has 0 amide bonds. The van der Waals surface area contributed by atoms with Crippen molar-refractivity contribution in [2.75, 3.05) is 0 Å². The molecule has 0 aliphatic carbocycles. The molecule has 0 atom stereocenters. The van der Waals surface area contributed by atoms with Crippen molar-refractivity contribution in [3.63, 3.8) is 0 Å². The molecule has 0 saturated carbocycles. The van der Waals surface area contributed by atoms with Gasteiger partial charge in [-0.3, -0.25) is 0 Å². The fourth-order valence-corrected chi connectivity index (χ4v) is 2.96. The molecule has 1 heterocycles. The van der Waals surface area contributed by atoms with E-state index in [4.69, 9.17) is 15.4 Å². The number of tetrazole rings is 1. The number of aryl methyl sites for hydroxylation is 3. The first kappa shape index (κ1) is 14.7. The Morgan fingerprint density at radius 1 is 1.30 bits per heavy atom. The van der Waals surface area contributed by atoms with E-state index in [1.54, 1.807) is 27.0 Å². The molecule has 1 aromatic heterocycles. The Morgan fingerprint density at radius 3 is 2.55 bits per heavy atom. The lowest BCUT2D eigenvalue weighted by Gasteiger charge is -2.10. The quantitative estimate of drug-likeness (QED) is 0.791. The molecule has 0 fully saturated rings. The maximum absolute atomic E-state index is 11.4. The number of rotatable bonds is 4. The molecule has 0 radical (unpaired) electrons. The first-order chi connectivity index (χ1) is 9.27. The van der Waals surface area contributed by atoms with Crippen LogP contribution in [0, 0.1) is 13.8 Å². The van der Waals surface area contributed by atoms with Gasteiger partial charge in [-0.05, 0) is 42.3 Å². The minimum Gasteiger partial charge on any atom is -0.485 e. The second-order valence-corrected chi connectivity index (χ2v) is 6.84. The molecule has 0 bridgehead atoms. The minimum absolute atomic E-state index is 0.0849. The second kappa shape index (κ2) is 5.37. The first-order valence-corrected chi connectivity index (χ1v) is 8.00. The highest BCUT2D eigenvalue weighted by molar-refractivity contribution is 8.13. The number of ether oxygens (including phenoxy) is 1. The molecule has 0 saturated heterocycles. The molecule has 2 rings (SSSR count). The zero-order valence-electron chi connectivity index (χ0n) is 11.2. The van der Waals surface area contributed by atoms with Gasteiger partial charge in [0.15, 0.2) is 6.61 Å². The van der Waals surface area contributed by atoms with E-state index in [0.717, 1.165) is 0 Å². The van der Waals surface area contributed by atoms with E-state index in [9.17, 15) is 8.42 Å². The summed E-state index contributed by atoms with van der Waals surface area (Å²) in [7, 11) is 3.27. The Balaban J connectivity index is 2.23. The Kier molecular flexibility index (Phi) is 3.96. The lowest BCUT2D eigenvalue weighted by molar-refractivity contribution is 0.293. The monoisotopic (exact) mass is 316 g/mol. The fourth-order valence-electron chi connectivity index (χ4n) is 1.70. The van der Waals surface area contributed by atoms with Gasteiger partial charge < -0.3 is 4.74 Å². The standard InChI is InChI=1S/C11H13ClN4O3S/c1-7-5-10(20(12,17)18)8(2)4-9(7)19-6-11-13-15-16(3)14-11/h4-5H,6H2,1-3H3. The van der Waals surface area contributed by atoms with E-state index < -0.39 is 9.05 Å². The summed E-state index contributed by atoms with van der Waals surface area (Å²) in [5.74, 6) is 0.998. The minimum atomic E-state index is -3.76. The van der Waals surface area contributed by atoms with Crippen molar-refractivity contribution in [3.05, 3.63) is 29.1 Å². The van der Waals surface area contributed by atoms with Crippen LogP contribution in [0.5, 0.6) is 5.75 Å². The van der Waals surface area contributed by atoms with Crippen LogP contribution < -0.4 is 4.74 Å². The zero-order valence-corrected chi connectivity index (χ0v) is 12.7. The van der Waals surface area contributed by atoms with Gasteiger partial charge in [0.25, 0.3) is 9.05 Å². The molecule has 0 N–H and O–H groups in total. The van der Waals surface area contributed by atoms with Crippen molar-refractivity contribution in [1.29, 1.82) is 0 Å². The van der Waals surface area contributed by atoms with Crippen LogP contribution in [0.3, 0.4) is 0 Å². The molecular formula is C11H13ClN4O3S. The molecule has 7 nitrogen and oxygen atoms in total. The van der Waals surface area contributed by atoms with Crippen LogP contribution in [-0.2, 0) is 22.7 Å². The van der Waals surface area contributed by atoms with Crippen LogP contribution in [0.1, 0.15) is 17.0 Å². The number of hydrogen-bond donors (Lipinski definition) is 0. The number of aromatic nitrogens is 4. The Hall–Kier alpha value is -1.67. The van der Waals surface area contributed by atoms with Gasteiger partial charge >= 0.3 is 0 Å². The van der Waals surface area contributed by atoms with Gasteiger partial charge in [-0.1, -0.05) is 0 Å². The van der Waals surface area contributed by atoms with E-state index >= 15 is 0 Å². The highest BCUT2D eigenvalue weighted by Crippen LogP contribution is 2.28. The van der Waals surface area contributed by atoms with Gasteiger partial charge in [-0.2, -0.15) is 4.80 Å². The lowest BCUT2D eigenvalue weighted by atomic mass is 10.1. The zero-order chi connectivity index (χ0) is 14.9. The van der Waals surface area contributed by atoms with Crippen LogP contribution in [0.25, 0.3) is 0 Å². The summed E-state index contributed by atoms with van der Waals surface area (Å²) in [6.45, 7) is 3.55. The van der Waals surface area contributed by atoms with Crippen molar-refractivity contribution in [3.8, 4) is 5.75 Å². The molecule has 2 aromatic rings. The fraction of sp³-hybridized carbons (Fsp3) is 0.364. The molecule has 108 valence electrons. The summed E-state index contributed by atoms with van der Waals surface area (Å²) in [6, 6.07) is 3.11. The Labute approximate surface area is 120 Å². The summed E-state index contributed by atoms with van der Waals surface area (Å²) >= 11 is 0. The van der Waals surface area contributed by atoms with Crippen molar-refractivity contribution in [1.82, 2.24) is 20.2 Å². The van der Waals surface area contributed by atoms with E-state index in [1.807, 2.05) is 0 Å². The number of nitrogens with zero attached hydrogens (tertiary/aromatic N) is 4. The summed E-state index contributed by atoms with van der Waals surface area (Å²) in [5.41, 5.74) is 1.19. The van der Waals surface area contributed by atoms with E-state index in [1.165, 1.54) is 10.9 Å². The van der Waals surface area contributed by atoms with Gasteiger partial charge in [0.2, 0.25) is 5.82 Å². The average Bonchev–Trinajstić information content (AvgIpc) is 2.74.